The van der Waals surface area contributed by atoms with Crippen LogP contribution >= 0.6 is 0 Å². The first kappa shape index (κ1) is 26.4. The van der Waals surface area contributed by atoms with E-state index in [9.17, 15) is 0 Å². The number of hydrogen-bond donors (Lipinski definition) is 0. The number of hydrogen-bond acceptors (Lipinski definition) is 2. The van der Waals surface area contributed by atoms with E-state index in [0.29, 0.717) is 35.9 Å². The van der Waals surface area contributed by atoms with Gasteiger partial charge in [0.05, 0.1) is 12.2 Å². The fourth-order valence-electron chi connectivity index (χ4n) is 6.16. The molecule has 0 aliphatic heterocycles. The highest BCUT2D eigenvalue weighted by Gasteiger charge is 2.43. The Hall–Kier alpha value is 0.137. The van der Waals surface area contributed by atoms with E-state index >= 15 is 0 Å². The monoisotopic (exact) mass is 438 g/mol. The van der Waals surface area contributed by atoms with Crippen LogP contribution in [0.25, 0.3) is 0 Å². The van der Waals surface area contributed by atoms with Crippen molar-refractivity contribution in [3.63, 3.8) is 0 Å². The van der Waals surface area contributed by atoms with E-state index in [1.807, 2.05) is 0 Å². The van der Waals surface area contributed by atoms with Gasteiger partial charge >= 0.3 is 8.56 Å². The first-order valence-corrected chi connectivity index (χ1v) is 16.0. The van der Waals surface area contributed by atoms with Crippen molar-refractivity contribution in [1.82, 2.24) is 0 Å². The van der Waals surface area contributed by atoms with Crippen LogP contribution in [0.3, 0.4) is 0 Å². The SMILES string of the molecule is CCCCCC[Si](C)(OC1CC(C)CCC1C(C)C)OC1CC(C)CCC1C(C)C. The normalized spacial score (nSPS) is 35.0. The molecule has 3 heteroatoms. The average Bonchev–Trinajstić information content (AvgIpc) is 2.65. The van der Waals surface area contributed by atoms with Gasteiger partial charge in [-0.3, -0.25) is 0 Å². The maximum Gasteiger partial charge on any atom is 0.335 e. The summed E-state index contributed by atoms with van der Waals surface area (Å²) >= 11 is 0. The Morgan fingerprint density at radius 2 is 1.20 bits per heavy atom. The summed E-state index contributed by atoms with van der Waals surface area (Å²) in [5.41, 5.74) is 0. The summed E-state index contributed by atoms with van der Waals surface area (Å²) < 4.78 is 14.4. The van der Waals surface area contributed by atoms with Gasteiger partial charge in [0.1, 0.15) is 0 Å². The van der Waals surface area contributed by atoms with Crippen molar-refractivity contribution in [2.75, 3.05) is 0 Å². The van der Waals surface area contributed by atoms with E-state index in [0.717, 1.165) is 11.8 Å². The van der Waals surface area contributed by atoms with Crippen LogP contribution in [0.2, 0.25) is 12.6 Å². The quantitative estimate of drug-likeness (QED) is 0.237. The van der Waals surface area contributed by atoms with E-state index < -0.39 is 8.56 Å². The first-order chi connectivity index (χ1) is 14.1. The minimum Gasteiger partial charge on any atom is -0.391 e. The maximum atomic E-state index is 7.19. The van der Waals surface area contributed by atoms with Crippen LogP contribution in [-0.2, 0) is 8.85 Å². The second-order valence-electron chi connectivity index (χ2n) is 11.9. The van der Waals surface area contributed by atoms with E-state index in [1.54, 1.807) is 0 Å². The van der Waals surface area contributed by atoms with Crippen molar-refractivity contribution in [3.8, 4) is 0 Å². The van der Waals surface area contributed by atoms with Crippen molar-refractivity contribution in [2.24, 2.45) is 35.5 Å². The van der Waals surface area contributed by atoms with E-state index in [-0.39, 0.29) is 0 Å². The van der Waals surface area contributed by atoms with Gasteiger partial charge in [-0.25, -0.2) is 0 Å². The Balaban J connectivity index is 2.16. The Morgan fingerprint density at radius 1 is 0.733 bits per heavy atom. The fourth-order valence-corrected chi connectivity index (χ4v) is 9.17. The molecular formula is C27H54O2Si. The molecule has 0 heterocycles. The smallest absolute Gasteiger partial charge is 0.335 e. The number of unbranched alkanes of at least 4 members (excludes halogenated alkanes) is 3. The zero-order chi connectivity index (χ0) is 22.3. The third kappa shape index (κ3) is 7.92. The summed E-state index contributed by atoms with van der Waals surface area (Å²) in [4.78, 5) is 0. The molecule has 6 unspecified atom stereocenters. The molecule has 2 aliphatic carbocycles. The lowest BCUT2D eigenvalue weighted by Crippen LogP contribution is -2.51. The van der Waals surface area contributed by atoms with Gasteiger partial charge < -0.3 is 8.85 Å². The summed E-state index contributed by atoms with van der Waals surface area (Å²) in [6, 6.07) is 1.18. The van der Waals surface area contributed by atoms with Crippen LogP contribution in [-0.4, -0.2) is 20.8 Å². The molecule has 0 spiro atoms. The highest BCUT2D eigenvalue weighted by atomic mass is 28.4. The number of rotatable bonds is 11. The van der Waals surface area contributed by atoms with Gasteiger partial charge in [-0.2, -0.15) is 0 Å². The first-order valence-electron chi connectivity index (χ1n) is 13.5. The molecule has 0 bridgehead atoms. The summed E-state index contributed by atoms with van der Waals surface area (Å²) in [7, 11) is -2.21. The van der Waals surface area contributed by atoms with Crippen molar-refractivity contribution in [1.29, 1.82) is 0 Å². The van der Waals surface area contributed by atoms with Gasteiger partial charge in [0.15, 0.2) is 0 Å². The molecule has 0 saturated heterocycles. The van der Waals surface area contributed by atoms with Crippen LogP contribution in [0.5, 0.6) is 0 Å². The largest absolute Gasteiger partial charge is 0.391 e. The van der Waals surface area contributed by atoms with E-state index in [4.69, 9.17) is 8.85 Å². The fraction of sp³-hybridized carbons (Fsp3) is 1.00. The minimum atomic E-state index is -2.21. The summed E-state index contributed by atoms with van der Waals surface area (Å²) in [5, 5.41) is 0. The van der Waals surface area contributed by atoms with Gasteiger partial charge in [-0.05, 0) is 73.8 Å². The van der Waals surface area contributed by atoms with Gasteiger partial charge in [0.2, 0.25) is 0 Å². The van der Waals surface area contributed by atoms with Crippen molar-refractivity contribution >= 4 is 8.56 Å². The molecule has 0 amide bonds. The van der Waals surface area contributed by atoms with E-state index in [1.165, 1.54) is 70.3 Å². The molecular weight excluding hydrogens is 384 g/mol. The highest BCUT2D eigenvalue weighted by molar-refractivity contribution is 6.66. The second-order valence-corrected chi connectivity index (χ2v) is 15.1. The summed E-state index contributed by atoms with van der Waals surface area (Å²) in [5.74, 6) is 4.41. The molecule has 2 fully saturated rings. The molecule has 0 aromatic carbocycles. The van der Waals surface area contributed by atoms with Gasteiger partial charge in [-0.1, -0.05) is 87.0 Å². The Morgan fingerprint density at radius 3 is 1.60 bits per heavy atom. The highest BCUT2D eigenvalue weighted by Crippen LogP contribution is 2.41. The molecule has 2 saturated carbocycles. The lowest BCUT2D eigenvalue weighted by Gasteiger charge is -2.45. The zero-order valence-corrected chi connectivity index (χ0v) is 22.7. The molecule has 0 aromatic heterocycles. The van der Waals surface area contributed by atoms with Crippen molar-refractivity contribution < 1.29 is 8.85 Å². The minimum absolute atomic E-state index is 0.412. The Bertz CT molecular complexity index is 443. The van der Waals surface area contributed by atoms with Crippen LogP contribution < -0.4 is 0 Å². The van der Waals surface area contributed by atoms with Crippen molar-refractivity contribution in [2.45, 2.75) is 137 Å². The van der Waals surface area contributed by atoms with Crippen molar-refractivity contribution in [3.05, 3.63) is 0 Å². The molecule has 178 valence electrons. The molecule has 6 atom stereocenters. The maximum absolute atomic E-state index is 7.19. The zero-order valence-electron chi connectivity index (χ0n) is 21.7. The van der Waals surface area contributed by atoms with Gasteiger partial charge in [0.25, 0.3) is 0 Å². The predicted molar refractivity (Wildman–Crippen MR) is 133 cm³/mol. The van der Waals surface area contributed by atoms with Crippen LogP contribution in [0.15, 0.2) is 0 Å². The lowest BCUT2D eigenvalue weighted by molar-refractivity contribution is -0.0258. The molecule has 2 nitrogen and oxygen atoms in total. The van der Waals surface area contributed by atoms with Crippen LogP contribution in [0.4, 0.5) is 0 Å². The molecule has 30 heavy (non-hydrogen) atoms. The topological polar surface area (TPSA) is 18.5 Å². The Kier molecular flexibility index (Phi) is 10.9. The molecule has 2 aliphatic rings. The molecule has 0 N–H and O–H groups in total. The third-order valence-corrected chi connectivity index (χ3v) is 11.1. The Labute approximate surface area is 190 Å². The molecule has 2 rings (SSSR count). The van der Waals surface area contributed by atoms with E-state index in [2.05, 4.69) is 55.0 Å². The predicted octanol–water partition coefficient (Wildman–Crippen LogP) is 8.59. The van der Waals surface area contributed by atoms with Gasteiger partial charge in [-0.15, -0.1) is 0 Å². The summed E-state index contributed by atoms with van der Waals surface area (Å²) in [6.45, 7) is 19.2. The van der Waals surface area contributed by atoms with Crippen LogP contribution in [0.1, 0.15) is 113 Å². The molecule has 0 aromatic rings. The average molecular weight is 439 g/mol. The third-order valence-electron chi connectivity index (χ3n) is 8.21. The second kappa shape index (κ2) is 12.4. The summed E-state index contributed by atoms with van der Waals surface area (Å²) in [6.07, 6.45) is 13.9. The van der Waals surface area contributed by atoms with Crippen LogP contribution in [0, 0.1) is 35.5 Å². The van der Waals surface area contributed by atoms with Gasteiger partial charge in [0, 0.05) is 0 Å². The standard InChI is InChI=1S/C27H54O2Si/c1-9-10-11-12-17-30(8,28-26-18-22(6)13-15-24(26)20(2)3)29-27-19-23(7)14-16-25(27)21(4)5/h20-27H,9-19H2,1-8H3. The molecule has 0 radical (unpaired) electrons. The lowest BCUT2D eigenvalue weighted by atomic mass is 9.75.